The fourth-order valence-corrected chi connectivity index (χ4v) is 2.72. The van der Waals surface area contributed by atoms with Gasteiger partial charge in [-0.05, 0) is 55.5 Å². The van der Waals surface area contributed by atoms with Crippen molar-refractivity contribution in [2.24, 2.45) is 0 Å². The highest BCUT2D eigenvalue weighted by atomic mass is 16.5. The van der Waals surface area contributed by atoms with E-state index in [0.717, 1.165) is 0 Å². The molecule has 0 aromatic heterocycles. The first-order valence-corrected chi connectivity index (χ1v) is 9.40. The molecule has 0 aliphatic heterocycles. The number of nitrogens with zero attached hydrogens (tertiary/aromatic N) is 1. The SMILES string of the molecule is CCOc1cc(C#N)ccc1OCC(=O)c1ccc(NC(=O)c2ccccc2)cc1. The van der Waals surface area contributed by atoms with Gasteiger partial charge < -0.3 is 14.8 Å². The van der Waals surface area contributed by atoms with Gasteiger partial charge in [-0.25, -0.2) is 0 Å². The molecule has 150 valence electrons. The van der Waals surface area contributed by atoms with Gasteiger partial charge in [-0.15, -0.1) is 0 Å². The van der Waals surface area contributed by atoms with E-state index >= 15 is 0 Å². The zero-order chi connectivity index (χ0) is 21.3. The predicted octanol–water partition coefficient (Wildman–Crippen LogP) is 4.47. The number of Topliss-reactive ketones (excluding diaryl/α,β-unsaturated/α-hetero) is 1. The van der Waals surface area contributed by atoms with E-state index in [1.165, 1.54) is 0 Å². The maximum atomic E-state index is 12.5. The van der Waals surface area contributed by atoms with Crippen molar-refractivity contribution in [1.82, 2.24) is 0 Å². The van der Waals surface area contributed by atoms with Crippen molar-refractivity contribution < 1.29 is 19.1 Å². The molecule has 30 heavy (non-hydrogen) atoms. The van der Waals surface area contributed by atoms with Crippen LogP contribution in [0.4, 0.5) is 5.69 Å². The second-order valence-electron chi connectivity index (χ2n) is 6.32. The lowest BCUT2D eigenvalue weighted by atomic mass is 10.1. The van der Waals surface area contributed by atoms with Crippen molar-refractivity contribution in [3.63, 3.8) is 0 Å². The van der Waals surface area contributed by atoms with Crippen LogP contribution in [0.2, 0.25) is 0 Å². The number of hydrogen-bond donors (Lipinski definition) is 1. The molecule has 0 saturated carbocycles. The molecule has 0 aliphatic carbocycles. The molecule has 6 heteroatoms. The fraction of sp³-hybridized carbons (Fsp3) is 0.125. The molecule has 1 amide bonds. The van der Waals surface area contributed by atoms with E-state index in [1.807, 2.05) is 19.1 Å². The number of rotatable bonds is 8. The Morgan fingerprint density at radius 3 is 2.30 bits per heavy atom. The van der Waals surface area contributed by atoms with Crippen LogP contribution in [0.25, 0.3) is 0 Å². The van der Waals surface area contributed by atoms with Gasteiger partial charge >= 0.3 is 0 Å². The molecule has 0 saturated heterocycles. The molecular weight excluding hydrogens is 380 g/mol. The maximum absolute atomic E-state index is 12.5. The van der Waals surface area contributed by atoms with E-state index in [1.54, 1.807) is 66.7 Å². The summed E-state index contributed by atoms with van der Waals surface area (Å²) in [5, 5.41) is 11.8. The number of benzene rings is 3. The first kappa shape index (κ1) is 20.6. The van der Waals surface area contributed by atoms with Crippen molar-refractivity contribution in [2.45, 2.75) is 6.92 Å². The largest absolute Gasteiger partial charge is 0.490 e. The average Bonchev–Trinajstić information content (AvgIpc) is 2.79. The van der Waals surface area contributed by atoms with Gasteiger partial charge in [0, 0.05) is 22.9 Å². The van der Waals surface area contributed by atoms with E-state index in [2.05, 4.69) is 5.32 Å². The summed E-state index contributed by atoms with van der Waals surface area (Å²) in [7, 11) is 0. The molecule has 3 aromatic carbocycles. The minimum absolute atomic E-state index is 0.179. The normalized spacial score (nSPS) is 10.0. The second kappa shape index (κ2) is 9.89. The van der Waals surface area contributed by atoms with E-state index in [9.17, 15) is 9.59 Å². The summed E-state index contributed by atoms with van der Waals surface area (Å²) >= 11 is 0. The number of carbonyl (C=O) groups is 2. The third kappa shape index (κ3) is 5.24. The molecule has 0 bridgehead atoms. The minimum atomic E-state index is -0.220. The van der Waals surface area contributed by atoms with Gasteiger partial charge in [0.1, 0.15) is 0 Å². The summed E-state index contributed by atoms with van der Waals surface area (Å²) in [4.78, 5) is 24.7. The Kier molecular flexibility index (Phi) is 6.80. The summed E-state index contributed by atoms with van der Waals surface area (Å²) in [6.07, 6.45) is 0. The Balaban J connectivity index is 1.61. The highest BCUT2D eigenvalue weighted by Crippen LogP contribution is 2.28. The predicted molar refractivity (Wildman–Crippen MR) is 113 cm³/mol. The van der Waals surface area contributed by atoms with E-state index in [4.69, 9.17) is 14.7 Å². The van der Waals surface area contributed by atoms with Crippen molar-refractivity contribution in [2.75, 3.05) is 18.5 Å². The number of anilines is 1. The number of ether oxygens (including phenoxy) is 2. The highest BCUT2D eigenvalue weighted by Gasteiger charge is 2.12. The maximum Gasteiger partial charge on any atom is 0.255 e. The number of nitrogens with one attached hydrogen (secondary N) is 1. The fourth-order valence-electron chi connectivity index (χ4n) is 2.72. The van der Waals surface area contributed by atoms with Gasteiger partial charge in [0.2, 0.25) is 0 Å². The Labute approximate surface area is 174 Å². The van der Waals surface area contributed by atoms with Gasteiger partial charge in [0.05, 0.1) is 18.2 Å². The minimum Gasteiger partial charge on any atom is -0.490 e. The van der Waals surface area contributed by atoms with Crippen LogP contribution < -0.4 is 14.8 Å². The first-order chi connectivity index (χ1) is 14.6. The molecule has 3 aromatic rings. The lowest BCUT2D eigenvalue weighted by molar-refractivity contribution is 0.0918. The third-order valence-electron chi connectivity index (χ3n) is 4.23. The van der Waals surface area contributed by atoms with Crippen LogP contribution in [-0.4, -0.2) is 24.9 Å². The Hall–Kier alpha value is -4.11. The van der Waals surface area contributed by atoms with E-state index in [-0.39, 0.29) is 18.3 Å². The smallest absolute Gasteiger partial charge is 0.255 e. The van der Waals surface area contributed by atoms with Crippen LogP contribution in [0, 0.1) is 11.3 Å². The van der Waals surface area contributed by atoms with Gasteiger partial charge in [0.25, 0.3) is 5.91 Å². The summed E-state index contributed by atoms with van der Waals surface area (Å²) in [5.41, 5.74) is 2.05. The number of amides is 1. The topological polar surface area (TPSA) is 88.4 Å². The molecule has 0 radical (unpaired) electrons. The Morgan fingerprint density at radius 2 is 1.63 bits per heavy atom. The summed E-state index contributed by atoms with van der Waals surface area (Å²) in [6, 6.07) is 22.3. The molecule has 1 N–H and O–H groups in total. The van der Waals surface area contributed by atoms with Crippen molar-refractivity contribution in [3.05, 3.63) is 89.5 Å². The quantitative estimate of drug-likeness (QED) is 0.564. The van der Waals surface area contributed by atoms with Gasteiger partial charge in [-0.3, -0.25) is 9.59 Å². The molecular formula is C24H20N2O4. The van der Waals surface area contributed by atoms with Gasteiger partial charge in [-0.2, -0.15) is 5.26 Å². The van der Waals surface area contributed by atoms with E-state index < -0.39 is 0 Å². The lowest BCUT2D eigenvalue weighted by Crippen LogP contribution is -2.13. The molecule has 6 nitrogen and oxygen atoms in total. The standard InChI is InChI=1S/C24H20N2O4/c1-2-29-23-14-17(15-25)8-13-22(23)30-16-21(27)18-9-11-20(12-10-18)26-24(28)19-6-4-3-5-7-19/h3-14H,2,16H2,1H3,(H,26,28). The molecule has 0 atom stereocenters. The number of nitriles is 1. The number of ketones is 1. The summed E-state index contributed by atoms with van der Waals surface area (Å²) in [6.45, 7) is 2.06. The van der Waals surface area contributed by atoms with Gasteiger partial charge in [0.15, 0.2) is 23.9 Å². The average molecular weight is 400 g/mol. The van der Waals surface area contributed by atoms with Gasteiger partial charge in [-0.1, -0.05) is 18.2 Å². The number of hydrogen-bond acceptors (Lipinski definition) is 5. The van der Waals surface area contributed by atoms with E-state index in [0.29, 0.717) is 40.5 Å². The van der Waals surface area contributed by atoms with Crippen LogP contribution >= 0.6 is 0 Å². The third-order valence-corrected chi connectivity index (χ3v) is 4.23. The molecule has 0 heterocycles. The molecule has 0 fully saturated rings. The zero-order valence-electron chi connectivity index (χ0n) is 16.4. The van der Waals surface area contributed by atoms with Crippen LogP contribution in [0.15, 0.2) is 72.8 Å². The first-order valence-electron chi connectivity index (χ1n) is 9.40. The van der Waals surface area contributed by atoms with Crippen LogP contribution in [-0.2, 0) is 0 Å². The number of carbonyl (C=O) groups excluding carboxylic acids is 2. The van der Waals surface area contributed by atoms with Crippen LogP contribution in [0.5, 0.6) is 11.5 Å². The molecule has 0 spiro atoms. The molecule has 0 unspecified atom stereocenters. The molecule has 0 aliphatic rings. The van der Waals surface area contributed by atoms with Crippen LogP contribution in [0.3, 0.4) is 0 Å². The Bertz CT molecular complexity index is 1070. The Morgan fingerprint density at radius 1 is 0.900 bits per heavy atom. The second-order valence-corrected chi connectivity index (χ2v) is 6.32. The van der Waals surface area contributed by atoms with Crippen molar-refractivity contribution in [3.8, 4) is 17.6 Å². The monoisotopic (exact) mass is 400 g/mol. The van der Waals surface area contributed by atoms with Crippen molar-refractivity contribution in [1.29, 1.82) is 5.26 Å². The summed E-state index contributed by atoms with van der Waals surface area (Å²) < 4.78 is 11.1. The highest BCUT2D eigenvalue weighted by molar-refractivity contribution is 6.04. The zero-order valence-corrected chi connectivity index (χ0v) is 16.4. The van der Waals surface area contributed by atoms with Crippen LogP contribution in [0.1, 0.15) is 33.2 Å². The van der Waals surface area contributed by atoms with Crippen molar-refractivity contribution >= 4 is 17.4 Å². The lowest BCUT2D eigenvalue weighted by Gasteiger charge is -2.12. The molecule has 3 rings (SSSR count). The summed E-state index contributed by atoms with van der Waals surface area (Å²) in [5.74, 6) is 0.379.